The number of halogens is 1. The first kappa shape index (κ1) is 21.2. The van der Waals surface area contributed by atoms with Gasteiger partial charge in [0.1, 0.15) is 0 Å². The number of aryl methyl sites for hydroxylation is 1. The van der Waals surface area contributed by atoms with E-state index in [0.717, 1.165) is 32.9 Å². The van der Waals surface area contributed by atoms with E-state index in [1.807, 2.05) is 79.7 Å². The second-order valence-corrected chi connectivity index (χ2v) is 8.35. The zero-order valence-corrected chi connectivity index (χ0v) is 18.5. The van der Waals surface area contributed by atoms with E-state index in [4.69, 9.17) is 16.6 Å². The predicted octanol–water partition coefficient (Wildman–Crippen LogP) is 5.29. The van der Waals surface area contributed by atoms with E-state index in [9.17, 15) is 4.79 Å². The summed E-state index contributed by atoms with van der Waals surface area (Å²) >= 11 is 7.75. The van der Waals surface area contributed by atoms with Gasteiger partial charge >= 0.3 is 0 Å². The maximum absolute atomic E-state index is 12.3. The molecule has 0 aliphatic rings. The first-order valence-electron chi connectivity index (χ1n) is 9.81. The van der Waals surface area contributed by atoms with Gasteiger partial charge < -0.3 is 4.57 Å². The van der Waals surface area contributed by atoms with E-state index < -0.39 is 0 Å². The van der Waals surface area contributed by atoms with Crippen LogP contribution in [0.25, 0.3) is 11.0 Å². The molecule has 1 heterocycles. The number of hydrazone groups is 1. The summed E-state index contributed by atoms with van der Waals surface area (Å²) < 4.78 is 2.09. The van der Waals surface area contributed by atoms with Gasteiger partial charge in [-0.15, -0.1) is 0 Å². The maximum Gasteiger partial charge on any atom is 0.250 e. The molecule has 0 spiro atoms. The molecule has 7 heteroatoms. The highest BCUT2D eigenvalue weighted by Gasteiger charge is 2.14. The molecule has 1 amide bonds. The molecule has 1 N–H and O–H groups in total. The van der Waals surface area contributed by atoms with Gasteiger partial charge in [0.2, 0.25) is 0 Å². The third-order valence-electron chi connectivity index (χ3n) is 4.82. The van der Waals surface area contributed by atoms with Crippen molar-refractivity contribution in [3.05, 3.63) is 94.5 Å². The monoisotopic (exact) mass is 448 g/mol. The Morgan fingerprint density at radius 3 is 2.68 bits per heavy atom. The van der Waals surface area contributed by atoms with Crippen molar-refractivity contribution in [1.82, 2.24) is 15.0 Å². The number of rotatable bonds is 7. The van der Waals surface area contributed by atoms with Gasteiger partial charge in [0.15, 0.2) is 5.16 Å². The average Bonchev–Trinajstić information content (AvgIpc) is 3.13. The topological polar surface area (TPSA) is 59.3 Å². The Morgan fingerprint density at radius 1 is 1.10 bits per heavy atom. The highest BCUT2D eigenvalue weighted by molar-refractivity contribution is 7.99. The van der Waals surface area contributed by atoms with Gasteiger partial charge in [-0.2, -0.15) is 5.10 Å². The summed E-state index contributed by atoms with van der Waals surface area (Å²) in [7, 11) is 0. The second-order valence-electron chi connectivity index (χ2n) is 7.00. The van der Waals surface area contributed by atoms with Crippen molar-refractivity contribution in [2.75, 3.05) is 5.75 Å². The van der Waals surface area contributed by atoms with Crippen LogP contribution in [0.5, 0.6) is 0 Å². The fraction of sp³-hybridized carbons (Fsp3) is 0.125. The zero-order valence-electron chi connectivity index (χ0n) is 17.0. The number of thioether (sulfide) groups is 1. The number of carbonyl (C=O) groups is 1. The molecule has 3 aromatic carbocycles. The van der Waals surface area contributed by atoms with Gasteiger partial charge in [0.25, 0.3) is 5.91 Å². The smallest absolute Gasteiger partial charge is 0.250 e. The van der Waals surface area contributed by atoms with Crippen molar-refractivity contribution >= 4 is 46.5 Å². The SMILES string of the molecule is Cc1ccccc1/C=N\NC(=O)CSc1nc2ccccc2n1Cc1ccccc1Cl. The van der Waals surface area contributed by atoms with Crippen LogP contribution in [0.2, 0.25) is 5.02 Å². The van der Waals surface area contributed by atoms with Crippen LogP contribution in [-0.4, -0.2) is 27.4 Å². The molecule has 0 unspecified atom stereocenters. The Hall–Kier alpha value is -3.09. The molecule has 1 aromatic heterocycles. The van der Waals surface area contributed by atoms with Crippen LogP contribution in [0.3, 0.4) is 0 Å². The molecular weight excluding hydrogens is 428 g/mol. The molecule has 0 fully saturated rings. The highest BCUT2D eigenvalue weighted by Crippen LogP contribution is 2.27. The molecule has 156 valence electrons. The molecule has 0 aliphatic heterocycles. The number of benzene rings is 3. The molecule has 31 heavy (non-hydrogen) atoms. The summed E-state index contributed by atoms with van der Waals surface area (Å²) in [6.07, 6.45) is 1.66. The van der Waals surface area contributed by atoms with E-state index in [2.05, 4.69) is 15.1 Å². The number of nitrogens with zero attached hydrogens (tertiary/aromatic N) is 3. The number of hydrogen-bond acceptors (Lipinski definition) is 4. The van der Waals surface area contributed by atoms with Crippen molar-refractivity contribution in [2.24, 2.45) is 5.10 Å². The van der Waals surface area contributed by atoms with Crippen LogP contribution >= 0.6 is 23.4 Å². The van der Waals surface area contributed by atoms with Crippen LogP contribution in [-0.2, 0) is 11.3 Å². The van der Waals surface area contributed by atoms with Crippen molar-refractivity contribution in [3.63, 3.8) is 0 Å². The minimum Gasteiger partial charge on any atom is -0.314 e. The normalized spacial score (nSPS) is 11.3. The van der Waals surface area contributed by atoms with Crippen LogP contribution in [0.4, 0.5) is 0 Å². The lowest BCUT2D eigenvalue weighted by Crippen LogP contribution is -2.20. The maximum atomic E-state index is 12.3. The van der Waals surface area contributed by atoms with Gasteiger partial charge in [0, 0.05) is 5.02 Å². The summed E-state index contributed by atoms with van der Waals surface area (Å²) in [6, 6.07) is 23.5. The Bertz CT molecular complexity index is 1250. The Morgan fingerprint density at radius 2 is 1.84 bits per heavy atom. The molecular formula is C24H21ClN4OS. The number of nitrogens with one attached hydrogen (secondary N) is 1. The Balaban J connectivity index is 1.47. The van der Waals surface area contributed by atoms with Gasteiger partial charge in [0.05, 0.1) is 29.5 Å². The number of imidazole rings is 1. The fourth-order valence-electron chi connectivity index (χ4n) is 3.18. The second kappa shape index (κ2) is 9.81. The summed E-state index contributed by atoms with van der Waals surface area (Å²) in [5.41, 5.74) is 7.55. The quantitative estimate of drug-likeness (QED) is 0.237. The first-order valence-corrected chi connectivity index (χ1v) is 11.2. The van der Waals surface area contributed by atoms with Crippen molar-refractivity contribution in [2.45, 2.75) is 18.6 Å². The summed E-state index contributed by atoms with van der Waals surface area (Å²) in [5, 5.41) is 5.55. The third-order valence-corrected chi connectivity index (χ3v) is 6.16. The molecule has 4 rings (SSSR count). The highest BCUT2D eigenvalue weighted by atomic mass is 35.5. The number of fused-ring (bicyclic) bond motifs is 1. The van der Waals surface area contributed by atoms with Crippen molar-refractivity contribution in [1.29, 1.82) is 0 Å². The Kier molecular flexibility index (Phi) is 6.70. The van der Waals surface area contributed by atoms with Crippen molar-refractivity contribution < 1.29 is 4.79 Å². The molecule has 0 saturated heterocycles. The van der Waals surface area contributed by atoms with Crippen LogP contribution < -0.4 is 5.43 Å². The third kappa shape index (κ3) is 5.16. The molecule has 0 radical (unpaired) electrons. The molecule has 0 atom stereocenters. The van der Waals surface area contributed by atoms with Gasteiger partial charge in [-0.25, -0.2) is 10.4 Å². The molecule has 0 aliphatic carbocycles. The van der Waals surface area contributed by atoms with Gasteiger partial charge in [-0.3, -0.25) is 4.79 Å². The van der Waals surface area contributed by atoms with Gasteiger partial charge in [-0.1, -0.05) is 78.0 Å². The molecule has 4 aromatic rings. The van der Waals surface area contributed by atoms with Crippen LogP contribution in [0.15, 0.2) is 83.1 Å². The molecule has 0 bridgehead atoms. The lowest BCUT2D eigenvalue weighted by Gasteiger charge is -2.10. The predicted molar refractivity (Wildman–Crippen MR) is 128 cm³/mol. The van der Waals surface area contributed by atoms with E-state index in [1.54, 1.807) is 6.21 Å². The molecule has 5 nitrogen and oxygen atoms in total. The minimum atomic E-state index is -0.189. The van der Waals surface area contributed by atoms with Gasteiger partial charge in [-0.05, 0) is 41.8 Å². The van der Waals surface area contributed by atoms with E-state index in [-0.39, 0.29) is 11.7 Å². The van der Waals surface area contributed by atoms with Crippen LogP contribution in [0.1, 0.15) is 16.7 Å². The first-order chi connectivity index (χ1) is 15.1. The number of hydrogen-bond donors (Lipinski definition) is 1. The zero-order chi connectivity index (χ0) is 21.6. The number of aromatic nitrogens is 2. The lowest BCUT2D eigenvalue weighted by atomic mass is 10.1. The number of para-hydroxylation sites is 2. The summed E-state index contributed by atoms with van der Waals surface area (Å²) in [5.74, 6) is 0.0166. The minimum absolute atomic E-state index is 0.189. The molecule has 0 saturated carbocycles. The standard InChI is InChI=1S/C24H21ClN4OS/c1-17-8-2-3-9-18(17)14-26-28-23(30)16-31-24-27-21-12-6-7-13-22(21)29(24)15-19-10-4-5-11-20(19)25/h2-14H,15-16H2,1H3,(H,28,30)/b26-14-. The largest absolute Gasteiger partial charge is 0.314 e. The van der Waals surface area contributed by atoms with E-state index in [0.29, 0.717) is 11.6 Å². The van der Waals surface area contributed by atoms with E-state index >= 15 is 0 Å². The number of amides is 1. The lowest BCUT2D eigenvalue weighted by molar-refractivity contribution is -0.118. The Labute approximate surface area is 190 Å². The van der Waals surface area contributed by atoms with E-state index in [1.165, 1.54) is 11.8 Å². The van der Waals surface area contributed by atoms with Crippen molar-refractivity contribution in [3.8, 4) is 0 Å². The summed E-state index contributed by atoms with van der Waals surface area (Å²) in [4.78, 5) is 17.0. The average molecular weight is 449 g/mol. The number of carbonyl (C=O) groups excluding carboxylic acids is 1. The summed E-state index contributed by atoms with van der Waals surface area (Å²) in [6.45, 7) is 2.58. The van der Waals surface area contributed by atoms with Crippen LogP contribution in [0, 0.1) is 6.92 Å². The fourth-order valence-corrected chi connectivity index (χ4v) is 4.18.